The summed E-state index contributed by atoms with van der Waals surface area (Å²) in [5.74, 6) is -0.296. The predicted molar refractivity (Wildman–Crippen MR) is 51.2 cm³/mol. The Bertz CT molecular complexity index is 176. The summed E-state index contributed by atoms with van der Waals surface area (Å²) < 4.78 is 0. The van der Waals surface area contributed by atoms with Crippen LogP contribution in [-0.2, 0) is 9.59 Å². The van der Waals surface area contributed by atoms with Gasteiger partial charge in [-0.2, -0.15) is 0 Å². The third-order valence-corrected chi connectivity index (χ3v) is 1.80. The molecule has 0 heterocycles. The molecule has 0 aliphatic carbocycles. The van der Waals surface area contributed by atoms with Gasteiger partial charge in [-0.25, -0.2) is 0 Å². The lowest BCUT2D eigenvalue weighted by Crippen LogP contribution is -2.35. The van der Waals surface area contributed by atoms with E-state index in [0.717, 1.165) is 0 Å². The van der Waals surface area contributed by atoms with E-state index >= 15 is 0 Å². The minimum absolute atomic E-state index is 0.0322. The number of carbonyl (C=O) groups excluding carboxylic acids is 2. The van der Waals surface area contributed by atoms with Crippen LogP contribution in [0.1, 0.15) is 27.2 Å². The molecule has 0 aromatic carbocycles. The normalized spacial score (nSPS) is 9.46. The second kappa shape index (κ2) is 6.46. The highest BCUT2D eigenvalue weighted by atomic mass is 16.2. The van der Waals surface area contributed by atoms with Crippen molar-refractivity contribution in [2.75, 3.05) is 19.6 Å². The lowest BCUT2D eigenvalue weighted by atomic mass is 10.3. The van der Waals surface area contributed by atoms with Crippen LogP contribution in [0.2, 0.25) is 0 Å². The first-order valence-electron chi connectivity index (χ1n) is 4.70. The summed E-state index contributed by atoms with van der Waals surface area (Å²) in [6.07, 6.45) is -0.0322. The van der Waals surface area contributed by atoms with Gasteiger partial charge in [-0.1, -0.05) is 0 Å². The highest BCUT2D eigenvalue weighted by molar-refractivity contribution is 5.96. The van der Waals surface area contributed by atoms with Gasteiger partial charge in [0.25, 0.3) is 0 Å². The summed E-state index contributed by atoms with van der Waals surface area (Å²) in [7, 11) is 0. The van der Waals surface area contributed by atoms with Gasteiger partial charge < -0.3 is 10.2 Å². The topological polar surface area (TPSA) is 49.4 Å². The lowest BCUT2D eigenvalue weighted by molar-refractivity contribution is -0.135. The number of rotatable bonds is 5. The van der Waals surface area contributed by atoms with Crippen LogP contribution in [-0.4, -0.2) is 36.3 Å². The molecule has 0 aliphatic rings. The molecule has 4 heteroatoms. The predicted octanol–water partition coefficient (Wildman–Crippen LogP) is 0.381. The maximum atomic E-state index is 11.4. The molecule has 76 valence electrons. The van der Waals surface area contributed by atoms with E-state index in [9.17, 15) is 9.59 Å². The van der Waals surface area contributed by atoms with Gasteiger partial charge in [0.1, 0.15) is 6.42 Å². The first-order valence-corrected chi connectivity index (χ1v) is 4.70. The van der Waals surface area contributed by atoms with Gasteiger partial charge in [0.15, 0.2) is 0 Å². The molecule has 0 saturated heterocycles. The van der Waals surface area contributed by atoms with E-state index < -0.39 is 0 Å². The van der Waals surface area contributed by atoms with Crippen LogP contribution < -0.4 is 5.32 Å². The van der Waals surface area contributed by atoms with Gasteiger partial charge in [-0.3, -0.25) is 9.59 Å². The molecule has 0 atom stereocenters. The Morgan fingerprint density at radius 2 is 1.69 bits per heavy atom. The zero-order chi connectivity index (χ0) is 10.3. The quantitative estimate of drug-likeness (QED) is 0.631. The maximum absolute atomic E-state index is 11.4. The molecule has 0 saturated carbocycles. The summed E-state index contributed by atoms with van der Waals surface area (Å²) in [4.78, 5) is 24.0. The van der Waals surface area contributed by atoms with Crippen LogP contribution in [0.25, 0.3) is 0 Å². The highest BCUT2D eigenvalue weighted by Crippen LogP contribution is 1.93. The van der Waals surface area contributed by atoms with E-state index in [2.05, 4.69) is 5.32 Å². The van der Waals surface area contributed by atoms with Gasteiger partial charge in [0.2, 0.25) is 11.8 Å². The highest BCUT2D eigenvalue weighted by Gasteiger charge is 2.13. The minimum atomic E-state index is -0.195. The van der Waals surface area contributed by atoms with E-state index in [4.69, 9.17) is 0 Å². The summed E-state index contributed by atoms with van der Waals surface area (Å²) in [5, 5.41) is 2.59. The second-order valence-corrected chi connectivity index (χ2v) is 2.70. The molecule has 13 heavy (non-hydrogen) atoms. The summed E-state index contributed by atoms with van der Waals surface area (Å²) in [5.41, 5.74) is 0. The van der Waals surface area contributed by atoms with Crippen molar-refractivity contribution in [1.29, 1.82) is 0 Å². The first kappa shape index (κ1) is 11.9. The third kappa shape index (κ3) is 4.50. The number of nitrogens with zero attached hydrogens (tertiary/aromatic N) is 1. The third-order valence-electron chi connectivity index (χ3n) is 1.80. The zero-order valence-corrected chi connectivity index (χ0v) is 8.59. The van der Waals surface area contributed by atoms with Crippen LogP contribution in [0, 0.1) is 0 Å². The fourth-order valence-corrected chi connectivity index (χ4v) is 1.09. The fourth-order valence-electron chi connectivity index (χ4n) is 1.09. The Balaban J connectivity index is 3.90. The van der Waals surface area contributed by atoms with Crippen molar-refractivity contribution in [1.82, 2.24) is 10.2 Å². The molecule has 1 N–H and O–H groups in total. The molecule has 0 spiro atoms. The van der Waals surface area contributed by atoms with Crippen molar-refractivity contribution in [2.24, 2.45) is 0 Å². The Morgan fingerprint density at radius 3 is 2.08 bits per heavy atom. The van der Waals surface area contributed by atoms with E-state index in [1.54, 1.807) is 4.90 Å². The molecule has 0 aromatic rings. The van der Waals surface area contributed by atoms with Gasteiger partial charge >= 0.3 is 0 Å². The standard InChI is InChI=1S/C9H18N2O2/c1-4-10-8(12)7-9(13)11(5-2)6-3/h4-7H2,1-3H3,(H,10,12). The summed E-state index contributed by atoms with van der Waals surface area (Å²) in [6, 6.07) is 0. The summed E-state index contributed by atoms with van der Waals surface area (Å²) in [6.45, 7) is 7.53. The Kier molecular flexibility index (Phi) is 5.93. The van der Waals surface area contributed by atoms with Gasteiger partial charge in [0.05, 0.1) is 0 Å². The van der Waals surface area contributed by atoms with Crippen LogP contribution in [0.5, 0.6) is 0 Å². The van der Waals surface area contributed by atoms with Crippen molar-refractivity contribution >= 4 is 11.8 Å². The number of amides is 2. The zero-order valence-electron chi connectivity index (χ0n) is 8.59. The summed E-state index contributed by atoms with van der Waals surface area (Å²) >= 11 is 0. The van der Waals surface area contributed by atoms with Gasteiger partial charge in [-0.05, 0) is 20.8 Å². The number of carbonyl (C=O) groups is 2. The average Bonchev–Trinajstić information content (AvgIpc) is 2.06. The molecular weight excluding hydrogens is 168 g/mol. The lowest BCUT2D eigenvalue weighted by Gasteiger charge is -2.17. The Morgan fingerprint density at radius 1 is 1.15 bits per heavy atom. The molecule has 0 radical (unpaired) electrons. The molecule has 0 aliphatic heterocycles. The molecule has 0 bridgehead atoms. The van der Waals surface area contributed by atoms with Crippen molar-refractivity contribution in [3.63, 3.8) is 0 Å². The van der Waals surface area contributed by atoms with Crippen LogP contribution in [0.4, 0.5) is 0 Å². The van der Waals surface area contributed by atoms with Crippen LogP contribution in [0.3, 0.4) is 0 Å². The fraction of sp³-hybridized carbons (Fsp3) is 0.778. The average molecular weight is 186 g/mol. The largest absolute Gasteiger partial charge is 0.356 e. The molecule has 0 rings (SSSR count). The van der Waals surface area contributed by atoms with Gasteiger partial charge in [0, 0.05) is 19.6 Å². The van der Waals surface area contributed by atoms with E-state index in [1.807, 2.05) is 20.8 Å². The van der Waals surface area contributed by atoms with E-state index in [-0.39, 0.29) is 18.2 Å². The van der Waals surface area contributed by atoms with Crippen molar-refractivity contribution in [3.05, 3.63) is 0 Å². The first-order chi connectivity index (χ1) is 6.15. The number of hydrogen-bond acceptors (Lipinski definition) is 2. The van der Waals surface area contributed by atoms with Crippen LogP contribution >= 0.6 is 0 Å². The van der Waals surface area contributed by atoms with Gasteiger partial charge in [-0.15, -0.1) is 0 Å². The number of nitrogens with one attached hydrogen (secondary N) is 1. The smallest absolute Gasteiger partial charge is 0.231 e. The molecule has 0 unspecified atom stereocenters. The Hall–Kier alpha value is -1.06. The molecule has 0 aromatic heterocycles. The molecular formula is C9H18N2O2. The maximum Gasteiger partial charge on any atom is 0.231 e. The molecule has 0 fully saturated rings. The SMILES string of the molecule is CCNC(=O)CC(=O)N(CC)CC. The van der Waals surface area contributed by atoms with E-state index in [0.29, 0.717) is 19.6 Å². The molecule has 4 nitrogen and oxygen atoms in total. The number of hydrogen-bond donors (Lipinski definition) is 1. The monoisotopic (exact) mass is 186 g/mol. The molecule has 2 amide bonds. The Labute approximate surface area is 79.3 Å². The van der Waals surface area contributed by atoms with Crippen molar-refractivity contribution < 1.29 is 9.59 Å². The van der Waals surface area contributed by atoms with Crippen molar-refractivity contribution in [2.45, 2.75) is 27.2 Å². The van der Waals surface area contributed by atoms with Crippen molar-refractivity contribution in [3.8, 4) is 0 Å². The minimum Gasteiger partial charge on any atom is -0.356 e. The van der Waals surface area contributed by atoms with E-state index in [1.165, 1.54) is 0 Å². The van der Waals surface area contributed by atoms with Crippen LogP contribution in [0.15, 0.2) is 0 Å². The second-order valence-electron chi connectivity index (χ2n) is 2.70.